The zero-order valence-electron chi connectivity index (χ0n) is 14.2. The van der Waals surface area contributed by atoms with Crippen LogP contribution in [-0.2, 0) is 6.42 Å². The quantitative estimate of drug-likeness (QED) is 0.600. The van der Waals surface area contributed by atoms with E-state index in [1.807, 2.05) is 25.1 Å². The molecular formula is C20H23NO2Si. The molecule has 0 fully saturated rings. The number of benzene rings is 2. The highest BCUT2D eigenvalue weighted by Crippen LogP contribution is 2.25. The van der Waals surface area contributed by atoms with Gasteiger partial charge in [-0.25, -0.2) is 0 Å². The van der Waals surface area contributed by atoms with E-state index in [0.29, 0.717) is 17.0 Å². The molecule has 0 aromatic heterocycles. The van der Waals surface area contributed by atoms with Crippen LogP contribution in [0.5, 0.6) is 0 Å². The molecule has 24 heavy (non-hydrogen) atoms. The Morgan fingerprint density at radius 1 is 0.875 bits per heavy atom. The lowest BCUT2D eigenvalue weighted by Gasteiger charge is -2.23. The molecule has 0 N–H and O–H groups in total. The summed E-state index contributed by atoms with van der Waals surface area (Å²) in [5, 5.41) is 0. The summed E-state index contributed by atoms with van der Waals surface area (Å²) in [5.41, 5.74) is 2.53. The van der Waals surface area contributed by atoms with Crippen molar-refractivity contribution < 1.29 is 9.59 Å². The third kappa shape index (κ3) is 3.34. The first-order chi connectivity index (χ1) is 11.6. The fraction of sp³-hybridized carbons (Fsp3) is 0.300. The average molecular weight is 337 g/mol. The van der Waals surface area contributed by atoms with Crippen molar-refractivity contribution in [1.82, 2.24) is 4.90 Å². The minimum Gasteiger partial charge on any atom is -0.275 e. The summed E-state index contributed by atoms with van der Waals surface area (Å²) in [6, 6.07) is 18.8. The molecule has 1 heterocycles. The van der Waals surface area contributed by atoms with Gasteiger partial charge in [0.05, 0.1) is 11.1 Å². The van der Waals surface area contributed by atoms with Crippen molar-refractivity contribution in [2.24, 2.45) is 5.92 Å². The molecule has 0 saturated heterocycles. The van der Waals surface area contributed by atoms with Crippen molar-refractivity contribution in [2.75, 3.05) is 0 Å². The summed E-state index contributed by atoms with van der Waals surface area (Å²) in [6.07, 6.45) is 1.06. The lowest BCUT2D eigenvalue weighted by Crippen LogP contribution is -2.41. The van der Waals surface area contributed by atoms with Gasteiger partial charge in [0.25, 0.3) is 11.8 Å². The highest BCUT2D eigenvalue weighted by Gasteiger charge is 2.37. The number of rotatable bonds is 6. The van der Waals surface area contributed by atoms with Crippen molar-refractivity contribution in [3.05, 3.63) is 71.3 Å². The van der Waals surface area contributed by atoms with Crippen LogP contribution in [0.3, 0.4) is 0 Å². The van der Waals surface area contributed by atoms with Gasteiger partial charge in [0.1, 0.15) is 0 Å². The number of imide groups is 1. The lowest BCUT2D eigenvalue weighted by atomic mass is 10.0. The normalized spacial score (nSPS) is 16.7. The second-order valence-corrected chi connectivity index (χ2v) is 9.08. The van der Waals surface area contributed by atoms with Gasteiger partial charge in [0, 0.05) is 15.2 Å². The van der Waals surface area contributed by atoms with E-state index in [4.69, 9.17) is 0 Å². The predicted octanol–water partition coefficient (Wildman–Crippen LogP) is 3.09. The maximum Gasteiger partial charge on any atom is 0.261 e. The molecule has 2 unspecified atom stereocenters. The molecule has 0 radical (unpaired) electrons. The largest absolute Gasteiger partial charge is 0.275 e. The molecule has 2 amide bonds. The minimum atomic E-state index is -0.551. The first-order valence-corrected chi connectivity index (χ1v) is 10.4. The zero-order chi connectivity index (χ0) is 17.1. The Bertz CT molecular complexity index is 709. The van der Waals surface area contributed by atoms with Crippen molar-refractivity contribution in [2.45, 2.75) is 32.0 Å². The SMILES string of the molecule is CC(C[SiH2]C(C)N1C(=O)c2ccccc2C1=O)Cc1ccccc1. The van der Waals surface area contributed by atoms with Crippen molar-refractivity contribution >= 4 is 21.3 Å². The van der Waals surface area contributed by atoms with Gasteiger partial charge in [-0.3, -0.25) is 14.5 Å². The molecule has 0 aliphatic carbocycles. The molecule has 4 heteroatoms. The third-order valence-electron chi connectivity index (χ3n) is 4.77. The van der Waals surface area contributed by atoms with E-state index in [1.165, 1.54) is 10.5 Å². The highest BCUT2D eigenvalue weighted by atomic mass is 28.2. The summed E-state index contributed by atoms with van der Waals surface area (Å²) in [4.78, 5) is 26.5. The third-order valence-corrected chi connectivity index (χ3v) is 7.29. The summed E-state index contributed by atoms with van der Waals surface area (Å²) >= 11 is 0. The molecule has 3 nitrogen and oxygen atoms in total. The Kier molecular flexibility index (Phi) is 4.95. The fourth-order valence-corrected chi connectivity index (χ4v) is 5.23. The van der Waals surface area contributed by atoms with Crippen LogP contribution in [0.25, 0.3) is 0 Å². The number of carbonyl (C=O) groups excluding carboxylic acids is 2. The predicted molar refractivity (Wildman–Crippen MR) is 99.1 cm³/mol. The molecule has 0 saturated carbocycles. The maximum atomic E-state index is 12.5. The van der Waals surface area contributed by atoms with E-state index in [9.17, 15) is 9.59 Å². The smallest absolute Gasteiger partial charge is 0.261 e. The summed E-state index contributed by atoms with van der Waals surface area (Å²) in [5.74, 6) is 0.342. The minimum absolute atomic E-state index is 0.0654. The standard InChI is InChI=1S/C20H23NO2Si/c1-14(12-16-8-4-3-5-9-16)13-24-15(2)21-19(22)17-10-6-7-11-18(17)20(21)23/h3-11,14-15H,12-13,24H2,1-2H3. The molecule has 124 valence electrons. The molecule has 2 aromatic rings. The van der Waals surface area contributed by atoms with Crippen LogP contribution >= 0.6 is 0 Å². The summed E-state index contributed by atoms with van der Waals surface area (Å²) in [6.45, 7) is 4.29. The number of nitrogens with zero attached hydrogens (tertiary/aromatic N) is 1. The van der Waals surface area contributed by atoms with E-state index in [0.717, 1.165) is 12.5 Å². The van der Waals surface area contributed by atoms with Gasteiger partial charge >= 0.3 is 0 Å². The Labute approximate surface area is 145 Å². The molecular weight excluding hydrogens is 314 g/mol. The van der Waals surface area contributed by atoms with Crippen LogP contribution in [0.15, 0.2) is 54.6 Å². The number of hydrogen-bond donors (Lipinski definition) is 0. The number of amides is 2. The summed E-state index contributed by atoms with van der Waals surface area (Å²) < 4.78 is 0. The lowest BCUT2D eigenvalue weighted by molar-refractivity contribution is 0.0640. The summed E-state index contributed by atoms with van der Waals surface area (Å²) in [7, 11) is -0.551. The fourth-order valence-electron chi connectivity index (χ4n) is 3.38. The molecule has 0 bridgehead atoms. The number of fused-ring (bicyclic) bond motifs is 1. The van der Waals surface area contributed by atoms with Gasteiger partial charge in [-0.05, 0) is 37.0 Å². The van der Waals surface area contributed by atoms with Crippen LogP contribution in [0, 0.1) is 5.92 Å². The zero-order valence-corrected chi connectivity index (χ0v) is 15.7. The molecule has 3 rings (SSSR count). The van der Waals surface area contributed by atoms with Crippen LogP contribution in [0.1, 0.15) is 40.1 Å². The van der Waals surface area contributed by atoms with Crippen LogP contribution in [0.2, 0.25) is 6.04 Å². The molecule has 1 aliphatic rings. The topological polar surface area (TPSA) is 37.4 Å². The number of carbonyl (C=O) groups is 2. The molecule has 1 aliphatic heterocycles. The van der Waals surface area contributed by atoms with Gasteiger partial charge in [0.15, 0.2) is 0 Å². The van der Waals surface area contributed by atoms with E-state index in [2.05, 4.69) is 31.2 Å². The Balaban J connectivity index is 1.59. The Morgan fingerprint density at radius 3 is 2.00 bits per heavy atom. The van der Waals surface area contributed by atoms with Crippen molar-refractivity contribution in [3.63, 3.8) is 0 Å². The molecule has 0 spiro atoms. The monoisotopic (exact) mass is 337 g/mol. The van der Waals surface area contributed by atoms with Gasteiger partial charge < -0.3 is 0 Å². The van der Waals surface area contributed by atoms with Gasteiger partial charge in [-0.1, -0.05) is 55.4 Å². The van der Waals surface area contributed by atoms with Crippen LogP contribution in [-0.4, -0.2) is 31.9 Å². The average Bonchev–Trinajstić information content (AvgIpc) is 2.85. The van der Waals surface area contributed by atoms with Crippen molar-refractivity contribution in [1.29, 1.82) is 0 Å². The first-order valence-electron chi connectivity index (χ1n) is 8.58. The second-order valence-electron chi connectivity index (χ2n) is 6.75. The van der Waals surface area contributed by atoms with Gasteiger partial charge in [0.2, 0.25) is 0 Å². The second kappa shape index (κ2) is 7.14. The van der Waals surface area contributed by atoms with Crippen molar-refractivity contribution in [3.8, 4) is 0 Å². The Morgan fingerprint density at radius 2 is 1.42 bits per heavy atom. The van der Waals surface area contributed by atoms with Gasteiger partial charge in [-0.2, -0.15) is 0 Å². The van der Waals surface area contributed by atoms with E-state index in [-0.39, 0.29) is 17.5 Å². The first kappa shape index (κ1) is 16.6. The maximum absolute atomic E-state index is 12.5. The van der Waals surface area contributed by atoms with Crippen LogP contribution in [0.4, 0.5) is 0 Å². The molecule has 2 atom stereocenters. The van der Waals surface area contributed by atoms with Crippen LogP contribution < -0.4 is 0 Å². The number of hydrogen-bond acceptors (Lipinski definition) is 2. The highest BCUT2D eigenvalue weighted by molar-refractivity contribution is 6.40. The van der Waals surface area contributed by atoms with E-state index in [1.54, 1.807) is 12.1 Å². The molecule has 2 aromatic carbocycles. The Hall–Kier alpha value is -2.20. The van der Waals surface area contributed by atoms with E-state index < -0.39 is 9.52 Å². The van der Waals surface area contributed by atoms with E-state index >= 15 is 0 Å². The van der Waals surface area contributed by atoms with Gasteiger partial charge in [-0.15, -0.1) is 0 Å².